The molecular formula is C14H19N3O2. The van der Waals surface area contributed by atoms with Crippen LogP contribution in [-0.4, -0.2) is 30.1 Å². The van der Waals surface area contributed by atoms with Crippen molar-refractivity contribution in [3.05, 3.63) is 47.8 Å². The van der Waals surface area contributed by atoms with Crippen molar-refractivity contribution in [2.75, 3.05) is 20.3 Å². The Balaban J connectivity index is 2.18. The first kappa shape index (κ1) is 13.6. The van der Waals surface area contributed by atoms with Crippen molar-refractivity contribution in [1.29, 1.82) is 0 Å². The molecule has 2 aromatic rings. The van der Waals surface area contributed by atoms with E-state index in [1.165, 1.54) is 0 Å². The van der Waals surface area contributed by atoms with Gasteiger partial charge in [0.1, 0.15) is 12.4 Å². The Morgan fingerprint density at radius 1 is 1.32 bits per heavy atom. The number of hydrogen-bond acceptors (Lipinski definition) is 4. The molecule has 102 valence electrons. The van der Waals surface area contributed by atoms with Gasteiger partial charge >= 0.3 is 0 Å². The summed E-state index contributed by atoms with van der Waals surface area (Å²) in [5.74, 6) is 0.788. The molecule has 0 amide bonds. The summed E-state index contributed by atoms with van der Waals surface area (Å²) in [6.45, 7) is 1.06. The van der Waals surface area contributed by atoms with E-state index in [0.29, 0.717) is 13.2 Å². The lowest BCUT2D eigenvalue weighted by Gasteiger charge is -2.15. The van der Waals surface area contributed by atoms with E-state index >= 15 is 0 Å². The lowest BCUT2D eigenvalue weighted by molar-refractivity contribution is 0.145. The molecule has 0 aliphatic rings. The number of hydrogen-bond donors (Lipinski definition) is 1. The van der Waals surface area contributed by atoms with Gasteiger partial charge < -0.3 is 15.2 Å². The fourth-order valence-electron chi connectivity index (χ4n) is 1.88. The molecule has 0 saturated heterocycles. The maximum atomic E-state index is 6.27. The molecule has 0 spiro atoms. The van der Waals surface area contributed by atoms with Crippen LogP contribution in [0.2, 0.25) is 0 Å². The van der Waals surface area contributed by atoms with Gasteiger partial charge in [-0.15, -0.1) is 0 Å². The fraction of sp³-hybridized carbons (Fsp3) is 0.357. The summed E-state index contributed by atoms with van der Waals surface area (Å²) < 4.78 is 12.4. The van der Waals surface area contributed by atoms with E-state index in [9.17, 15) is 0 Å². The van der Waals surface area contributed by atoms with Crippen molar-refractivity contribution in [1.82, 2.24) is 9.78 Å². The molecule has 1 aromatic heterocycles. The smallest absolute Gasteiger partial charge is 0.124 e. The Morgan fingerprint density at radius 2 is 2.11 bits per heavy atom. The fourth-order valence-corrected chi connectivity index (χ4v) is 1.88. The molecule has 1 atom stereocenters. The number of aryl methyl sites for hydroxylation is 1. The predicted octanol–water partition coefficient (Wildman–Crippen LogP) is 1.49. The minimum absolute atomic E-state index is 0.243. The molecule has 0 saturated carbocycles. The van der Waals surface area contributed by atoms with Crippen LogP contribution in [0.4, 0.5) is 0 Å². The Morgan fingerprint density at radius 3 is 2.79 bits per heavy atom. The second-order valence-electron chi connectivity index (χ2n) is 4.30. The quantitative estimate of drug-likeness (QED) is 0.800. The summed E-state index contributed by atoms with van der Waals surface area (Å²) in [5, 5.41) is 4.14. The van der Waals surface area contributed by atoms with Crippen LogP contribution < -0.4 is 10.5 Å². The van der Waals surface area contributed by atoms with Gasteiger partial charge in [-0.2, -0.15) is 5.10 Å². The maximum absolute atomic E-state index is 6.27. The van der Waals surface area contributed by atoms with Gasteiger partial charge in [-0.05, 0) is 6.07 Å². The third kappa shape index (κ3) is 3.33. The highest BCUT2D eigenvalue weighted by Gasteiger charge is 2.15. The molecule has 0 aliphatic carbocycles. The van der Waals surface area contributed by atoms with Crippen molar-refractivity contribution >= 4 is 0 Å². The first-order valence-electron chi connectivity index (χ1n) is 6.17. The standard InChI is InChI=1S/C14H19N3O2/c1-17-10-11(9-16-17)14(15)12-5-3-4-6-13(12)19-8-7-18-2/h3-6,9-10,14H,7-8,15H2,1-2H3. The van der Waals surface area contributed by atoms with Gasteiger partial charge in [-0.1, -0.05) is 18.2 Å². The predicted molar refractivity (Wildman–Crippen MR) is 73.1 cm³/mol. The zero-order valence-corrected chi connectivity index (χ0v) is 11.2. The third-order valence-corrected chi connectivity index (χ3v) is 2.88. The molecule has 0 bridgehead atoms. The number of rotatable bonds is 6. The minimum Gasteiger partial charge on any atom is -0.491 e. The number of nitrogens with two attached hydrogens (primary N) is 1. The highest BCUT2D eigenvalue weighted by Crippen LogP contribution is 2.27. The number of nitrogens with zero attached hydrogens (tertiary/aromatic N) is 2. The number of methoxy groups -OCH3 is 1. The monoisotopic (exact) mass is 261 g/mol. The van der Waals surface area contributed by atoms with Crippen LogP contribution in [0.15, 0.2) is 36.7 Å². The summed E-state index contributed by atoms with van der Waals surface area (Å²) in [7, 11) is 3.52. The normalized spacial score (nSPS) is 12.4. The molecule has 0 aliphatic heterocycles. The molecule has 1 unspecified atom stereocenters. The van der Waals surface area contributed by atoms with Crippen LogP contribution >= 0.6 is 0 Å². The zero-order valence-electron chi connectivity index (χ0n) is 11.2. The lowest BCUT2D eigenvalue weighted by atomic mass is 10.0. The Labute approximate surface area is 112 Å². The zero-order chi connectivity index (χ0) is 13.7. The lowest BCUT2D eigenvalue weighted by Crippen LogP contribution is -2.14. The molecule has 2 N–H and O–H groups in total. The van der Waals surface area contributed by atoms with Gasteiger partial charge in [-0.3, -0.25) is 4.68 Å². The molecule has 5 nitrogen and oxygen atoms in total. The second-order valence-corrected chi connectivity index (χ2v) is 4.30. The van der Waals surface area contributed by atoms with Gasteiger partial charge in [0, 0.05) is 31.5 Å². The molecule has 5 heteroatoms. The summed E-state index contributed by atoms with van der Waals surface area (Å²) in [5.41, 5.74) is 8.18. The van der Waals surface area contributed by atoms with Crippen molar-refractivity contribution in [2.45, 2.75) is 6.04 Å². The van der Waals surface area contributed by atoms with Crippen molar-refractivity contribution in [3.63, 3.8) is 0 Å². The van der Waals surface area contributed by atoms with Crippen LogP contribution in [0, 0.1) is 0 Å². The van der Waals surface area contributed by atoms with Crippen molar-refractivity contribution in [3.8, 4) is 5.75 Å². The highest BCUT2D eigenvalue weighted by atomic mass is 16.5. The summed E-state index contributed by atoms with van der Waals surface area (Å²) in [4.78, 5) is 0. The molecule has 1 heterocycles. The van der Waals surface area contributed by atoms with E-state index in [0.717, 1.165) is 16.9 Å². The van der Waals surface area contributed by atoms with Crippen LogP contribution in [0.25, 0.3) is 0 Å². The van der Waals surface area contributed by atoms with Gasteiger partial charge in [0.05, 0.1) is 18.8 Å². The number of para-hydroxylation sites is 1. The minimum atomic E-state index is -0.243. The van der Waals surface area contributed by atoms with Gasteiger partial charge in [0.2, 0.25) is 0 Å². The van der Waals surface area contributed by atoms with Crippen LogP contribution in [0.5, 0.6) is 5.75 Å². The molecular weight excluding hydrogens is 242 g/mol. The van der Waals surface area contributed by atoms with Crippen LogP contribution in [-0.2, 0) is 11.8 Å². The van der Waals surface area contributed by atoms with E-state index in [1.807, 2.05) is 37.5 Å². The topological polar surface area (TPSA) is 62.3 Å². The van der Waals surface area contributed by atoms with E-state index < -0.39 is 0 Å². The molecule has 0 fully saturated rings. The third-order valence-electron chi connectivity index (χ3n) is 2.88. The summed E-state index contributed by atoms with van der Waals surface area (Å²) in [6.07, 6.45) is 3.69. The van der Waals surface area contributed by atoms with Gasteiger partial charge in [0.15, 0.2) is 0 Å². The maximum Gasteiger partial charge on any atom is 0.124 e. The van der Waals surface area contributed by atoms with E-state index in [2.05, 4.69) is 5.10 Å². The van der Waals surface area contributed by atoms with Gasteiger partial charge in [-0.25, -0.2) is 0 Å². The summed E-state index contributed by atoms with van der Waals surface area (Å²) >= 11 is 0. The second kappa shape index (κ2) is 6.36. The number of ether oxygens (including phenoxy) is 2. The molecule has 2 rings (SSSR count). The Kier molecular flexibility index (Phi) is 4.54. The summed E-state index contributed by atoms with van der Waals surface area (Å²) in [6, 6.07) is 7.53. The average Bonchev–Trinajstić information content (AvgIpc) is 2.85. The molecule has 0 radical (unpaired) electrons. The van der Waals surface area contributed by atoms with Gasteiger partial charge in [0.25, 0.3) is 0 Å². The Bertz CT molecular complexity index is 525. The Hall–Kier alpha value is -1.85. The SMILES string of the molecule is COCCOc1ccccc1C(N)c1cnn(C)c1. The van der Waals surface area contributed by atoms with Crippen molar-refractivity contribution < 1.29 is 9.47 Å². The van der Waals surface area contributed by atoms with Crippen LogP contribution in [0.1, 0.15) is 17.2 Å². The largest absolute Gasteiger partial charge is 0.491 e. The first-order valence-corrected chi connectivity index (χ1v) is 6.17. The van der Waals surface area contributed by atoms with E-state index in [4.69, 9.17) is 15.2 Å². The number of benzene rings is 1. The van der Waals surface area contributed by atoms with Crippen LogP contribution in [0.3, 0.4) is 0 Å². The van der Waals surface area contributed by atoms with E-state index in [-0.39, 0.29) is 6.04 Å². The van der Waals surface area contributed by atoms with Crippen molar-refractivity contribution in [2.24, 2.45) is 12.8 Å². The van der Waals surface area contributed by atoms with E-state index in [1.54, 1.807) is 18.0 Å². The number of aromatic nitrogens is 2. The first-order chi connectivity index (χ1) is 9.22. The molecule has 19 heavy (non-hydrogen) atoms. The molecule has 1 aromatic carbocycles. The highest BCUT2D eigenvalue weighted by molar-refractivity contribution is 5.40. The average molecular weight is 261 g/mol.